The summed E-state index contributed by atoms with van der Waals surface area (Å²) in [6.07, 6.45) is 3.93. The number of carbonyl (C=O) groups excluding carboxylic acids is 1. The van der Waals surface area contributed by atoms with E-state index in [0.29, 0.717) is 6.42 Å². The maximum absolute atomic E-state index is 12.1. The molecule has 114 valence electrons. The van der Waals surface area contributed by atoms with Crippen LogP contribution >= 0.6 is 0 Å². The average Bonchev–Trinajstić information content (AvgIpc) is 2.92. The van der Waals surface area contributed by atoms with E-state index in [1.54, 1.807) is 0 Å². The summed E-state index contributed by atoms with van der Waals surface area (Å²) in [5.41, 5.74) is 8.05. The Morgan fingerprint density at radius 1 is 1.48 bits per heavy atom. The molecule has 1 aliphatic carbocycles. The second-order valence-corrected chi connectivity index (χ2v) is 5.73. The molecule has 0 aliphatic heterocycles. The van der Waals surface area contributed by atoms with Gasteiger partial charge >= 0.3 is 0 Å². The topological polar surface area (TPSA) is 87.7 Å². The maximum Gasteiger partial charge on any atom is 0.220 e. The summed E-state index contributed by atoms with van der Waals surface area (Å²) in [6.45, 7) is 2.05. The van der Waals surface area contributed by atoms with Gasteiger partial charge in [0.05, 0.1) is 0 Å². The molecule has 0 radical (unpaired) electrons. The molecule has 5 heteroatoms. The van der Waals surface area contributed by atoms with Gasteiger partial charge in [0.25, 0.3) is 0 Å². The molecule has 4 N–H and O–H groups in total. The van der Waals surface area contributed by atoms with Gasteiger partial charge in [-0.1, -0.05) is 41.4 Å². The Morgan fingerprint density at radius 3 is 3.00 bits per heavy atom. The van der Waals surface area contributed by atoms with Crippen LogP contribution < -0.4 is 11.1 Å². The summed E-state index contributed by atoms with van der Waals surface area (Å²) >= 11 is 0. The first-order valence-electron chi connectivity index (χ1n) is 7.42. The van der Waals surface area contributed by atoms with E-state index in [0.717, 1.165) is 25.7 Å². The van der Waals surface area contributed by atoms with E-state index in [1.165, 1.54) is 11.1 Å². The van der Waals surface area contributed by atoms with Crippen molar-refractivity contribution in [3.05, 3.63) is 35.4 Å². The van der Waals surface area contributed by atoms with Crippen LogP contribution in [0.3, 0.4) is 0 Å². The molecule has 2 atom stereocenters. The minimum absolute atomic E-state index is 0.00842. The molecular weight excluding hydrogens is 266 g/mol. The van der Waals surface area contributed by atoms with E-state index in [-0.39, 0.29) is 23.7 Å². The van der Waals surface area contributed by atoms with Crippen LogP contribution in [0.5, 0.6) is 0 Å². The van der Waals surface area contributed by atoms with E-state index in [2.05, 4.69) is 16.5 Å². The van der Waals surface area contributed by atoms with Gasteiger partial charge < -0.3 is 16.3 Å². The molecule has 2 rings (SSSR count). The largest absolute Gasteiger partial charge is 0.409 e. The molecule has 0 bridgehead atoms. The zero-order chi connectivity index (χ0) is 15.2. The third-order valence-corrected chi connectivity index (χ3v) is 4.08. The number of nitrogens with zero attached hydrogens (tertiary/aromatic N) is 1. The van der Waals surface area contributed by atoms with E-state index < -0.39 is 0 Å². The van der Waals surface area contributed by atoms with Gasteiger partial charge in [0.1, 0.15) is 5.84 Å². The number of rotatable bonds is 5. The van der Waals surface area contributed by atoms with E-state index >= 15 is 0 Å². The molecule has 2 unspecified atom stereocenters. The molecule has 1 aromatic rings. The van der Waals surface area contributed by atoms with Crippen LogP contribution in [0.1, 0.15) is 36.8 Å². The average molecular weight is 289 g/mol. The van der Waals surface area contributed by atoms with Crippen molar-refractivity contribution >= 4 is 11.7 Å². The number of amides is 1. The summed E-state index contributed by atoms with van der Waals surface area (Å²) in [5, 5.41) is 14.9. The van der Waals surface area contributed by atoms with E-state index in [1.807, 2.05) is 25.1 Å². The molecular formula is C16H23N3O2. The molecule has 1 aromatic carbocycles. The monoisotopic (exact) mass is 289 g/mol. The predicted molar refractivity (Wildman–Crippen MR) is 82.2 cm³/mol. The highest BCUT2D eigenvalue weighted by Crippen LogP contribution is 2.25. The van der Waals surface area contributed by atoms with Crippen LogP contribution in [-0.2, 0) is 11.2 Å². The molecule has 0 spiro atoms. The van der Waals surface area contributed by atoms with Crippen LogP contribution in [0, 0.1) is 12.8 Å². The van der Waals surface area contributed by atoms with Gasteiger partial charge in [0.2, 0.25) is 5.91 Å². The Kier molecular flexibility index (Phi) is 5.20. The number of hydrogen-bond acceptors (Lipinski definition) is 3. The van der Waals surface area contributed by atoms with E-state index in [9.17, 15) is 4.79 Å². The maximum atomic E-state index is 12.1. The SMILES string of the molecule is Cc1cccc(CCC(=O)NC2CCCC2C(N)=NO)c1. The zero-order valence-corrected chi connectivity index (χ0v) is 12.4. The predicted octanol–water partition coefficient (Wildman–Crippen LogP) is 1.96. The standard InChI is InChI=1S/C16H23N3O2/c1-11-4-2-5-12(10-11)8-9-15(20)18-14-7-3-6-13(14)16(17)19-21/h2,4-5,10,13-14,21H,3,6-9H2,1H3,(H2,17,19)(H,18,20). The molecule has 5 nitrogen and oxygen atoms in total. The first-order chi connectivity index (χ1) is 10.1. The third-order valence-electron chi connectivity index (χ3n) is 4.08. The molecule has 1 fully saturated rings. The van der Waals surface area contributed by atoms with Crippen molar-refractivity contribution in [1.29, 1.82) is 0 Å². The molecule has 0 saturated heterocycles. The van der Waals surface area contributed by atoms with Crippen molar-refractivity contribution in [3.63, 3.8) is 0 Å². The highest BCUT2D eigenvalue weighted by atomic mass is 16.4. The second kappa shape index (κ2) is 7.11. The van der Waals surface area contributed by atoms with Gasteiger partial charge in [-0.15, -0.1) is 0 Å². The number of hydrogen-bond donors (Lipinski definition) is 3. The van der Waals surface area contributed by atoms with Gasteiger partial charge in [0, 0.05) is 18.4 Å². The quantitative estimate of drug-likeness (QED) is 0.335. The smallest absolute Gasteiger partial charge is 0.220 e. The van der Waals surface area contributed by atoms with Crippen LogP contribution in [0.25, 0.3) is 0 Å². The number of amidine groups is 1. The number of nitrogens with one attached hydrogen (secondary N) is 1. The molecule has 0 heterocycles. The molecule has 21 heavy (non-hydrogen) atoms. The summed E-state index contributed by atoms with van der Waals surface area (Å²) < 4.78 is 0. The summed E-state index contributed by atoms with van der Waals surface area (Å²) in [7, 11) is 0. The lowest BCUT2D eigenvalue weighted by Gasteiger charge is -2.19. The minimum Gasteiger partial charge on any atom is -0.409 e. The lowest BCUT2D eigenvalue weighted by Crippen LogP contribution is -2.42. The highest BCUT2D eigenvalue weighted by molar-refractivity contribution is 5.84. The van der Waals surface area contributed by atoms with Crippen LogP contribution in [-0.4, -0.2) is 23.0 Å². The summed E-state index contributed by atoms with van der Waals surface area (Å²) in [6, 6.07) is 8.18. The number of aryl methyl sites for hydroxylation is 2. The Balaban J connectivity index is 1.84. The lowest BCUT2D eigenvalue weighted by molar-refractivity contribution is -0.121. The Bertz CT molecular complexity index is 528. The first-order valence-corrected chi connectivity index (χ1v) is 7.42. The van der Waals surface area contributed by atoms with Gasteiger partial charge in [0.15, 0.2) is 0 Å². The highest BCUT2D eigenvalue weighted by Gasteiger charge is 2.31. The minimum atomic E-state index is -0.0436. The summed E-state index contributed by atoms with van der Waals surface area (Å²) in [5.74, 6) is 0.202. The van der Waals surface area contributed by atoms with E-state index in [4.69, 9.17) is 10.9 Å². The van der Waals surface area contributed by atoms with Gasteiger partial charge in [-0.05, 0) is 31.7 Å². The van der Waals surface area contributed by atoms with Crippen molar-refractivity contribution < 1.29 is 10.0 Å². The lowest BCUT2D eigenvalue weighted by atomic mass is 10.0. The molecule has 1 amide bonds. The fourth-order valence-corrected chi connectivity index (χ4v) is 2.97. The van der Waals surface area contributed by atoms with Gasteiger partial charge in [-0.25, -0.2) is 0 Å². The zero-order valence-electron chi connectivity index (χ0n) is 12.4. The number of oxime groups is 1. The van der Waals surface area contributed by atoms with Crippen molar-refractivity contribution in [1.82, 2.24) is 5.32 Å². The van der Waals surface area contributed by atoms with Crippen molar-refractivity contribution in [2.75, 3.05) is 0 Å². The van der Waals surface area contributed by atoms with Crippen LogP contribution in [0.2, 0.25) is 0 Å². The Morgan fingerprint density at radius 2 is 2.29 bits per heavy atom. The van der Waals surface area contributed by atoms with Crippen LogP contribution in [0.4, 0.5) is 0 Å². The summed E-state index contributed by atoms with van der Waals surface area (Å²) in [4.78, 5) is 12.1. The Hall–Kier alpha value is -2.04. The number of carbonyl (C=O) groups is 1. The molecule has 1 saturated carbocycles. The number of benzene rings is 1. The number of nitrogens with two attached hydrogens (primary N) is 1. The molecule has 1 aliphatic rings. The fourth-order valence-electron chi connectivity index (χ4n) is 2.97. The van der Waals surface area contributed by atoms with Crippen LogP contribution in [0.15, 0.2) is 29.4 Å². The van der Waals surface area contributed by atoms with Gasteiger partial charge in [-0.3, -0.25) is 4.79 Å². The van der Waals surface area contributed by atoms with Crippen molar-refractivity contribution in [2.45, 2.75) is 45.1 Å². The van der Waals surface area contributed by atoms with Crippen molar-refractivity contribution in [3.8, 4) is 0 Å². The second-order valence-electron chi connectivity index (χ2n) is 5.73. The Labute approximate surface area is 125 Å². The molecule has 0 aromatic heterocycles. The first kappa shape index (κ1) is 15.4. The van der Waals surface area contributed by atoms with Crippen molar-refractivity contribution in [2.24, 2.45) is 16.8 Å². The normalized spacial score (nSPS) is 22.2. The third kappa shape index (κ3) is 4.21. The fraction of sp³-hybridized carbons (Fsp3) is 0.500. The van der Waals surface area contributed by atoms with Gasteiger partial charge in [-0.2, -0.15) is 0 Å².